The first-order valence-corrected chi connectivity index (χ1v) is 7.70. The molecule has 19 heavy (non-hydrogen) atoms. The van der Waals surface area contributed by atoms with Crippen LogP contribution in [0.5, 0.6) is 0 Å². The van der Waals surface area contributed by atoms with Crippen LogP contribution in [0.2, 0.25) is 0 Å². The van der Waals surface area contributed by atoms with Gasteiger partial charge in [-0.2, -0.15) is 4.31 Å². The van der Waals surface area contributed by atoms with Crippen molar-refractivity contribution < 1.29 is 8.42 Å². The fourth-order valence-corrected chi connectivity index (χ4v) is 4.22. The Morgan fingerprint density at radius 2 is 2.21 bits per heavy atom. The molecule has 0 aliphatic carbocycles. The molecule has 0 spiro atoms. The van der Waals surface area contributed by atoms with Gasteiger partial charge in [0.1, 0.15) is 5.82 Å². The Bertz CT molecular complexity index is 741. The molecule has 7 nitrogen and oxygen atoms in total. The Hall–Kier alpha value is -1.45. The summed E-state index contributed by atoms with van der Waals surface area (Å²) in [6.45, 7) is 1.72. The van der Waals surface area contributed by atoms with E-state index in [2.05, 4.69) is 9.97 Å². The van der Waals surface area contributed by atoms with Gasteiger partial charge in [0.15, 0.2) is 4.21 Å². The van der Waals surface area contributed by atoms with E-state index in [0.717, 1.165) is 0 Å². The maximum absolute atomic E-state index is 12.3. The molecular weight excluding hydrogens is 288 g/mol. The van der Waals surface area contributed by atoms with Crippen LogP contribution in [0.25, 0.3) is 0 Å². The summed E-state index contributed by atoms with van der Waals surface area (Å²) in [7, 11) is -0.414. The van der Waals surface area contributed by atoms with E-state index in [4.69, 9.17) is 0 Å². The van der Waals surface area contributed by atoms with Crippen LogP contribution in [0.4, 0.5) is 0 Å². The van der Waals surface area contributed by atoms with E-state index in [1.807, 2.05) is 0 Å². The van der Waals surface area contributed by atoms with Crippen LogP contribution >= 0.6 is 11.3 Å². The number of sulfonamides is 1. The summed E-state index contributed by atoms with van der Waals surface area (Å²) in [4.78, 5) is 17.4. The molecule has 2 heterocycles. The maximum atomic E-state index is 12.3. The van der Waals surface area contributed by atoms with E-state index in [0.29, 0.717) is 22.9 Å². The van der Waals surface area contributed by atoms with Crippen LogP contribution < -0.4 is 4.87 Å². The molecule has 2 rings (SSSR count). The van der Waals surface area contributed by atoms with Crippen LogP contribution in [0, 0.1) is 6.92 Å². The highest BCUT2D eigenvalue weighted by Crippen LogP contribution is 2.21. The number of nitrogens with zero attached hydrogens (tertiary/aromatic N) is 3. The van der Waals surface area contributed by atoms with Crippen LogP contribution in [-0.4, -0.2) is 34.3 Å². The summed E-state index contributed by atoms with van der Waals surface area (Å²) in [5, 5.41) is 0. The second-order valence-electron chi connectivity index (χ2n) is 4.14. The zero-order valence-corrected chi connectivity index (χ0v) is 12.4. The molecule has 0 radical (unpaired) electrons. The third-order valence-corrected chi connectivity index (χ3v) is 6.10. The van der Waals surface area contributed by atoms with E-state index >= 15 is 0 Å². The van der Waals surface area contributed by atoms with Crippen LogP contribution in [0.15, 0.2) is 21.4 Å². The number of thiazole rings is 1. The summed E-state index contributed by atoms with van der Waals surface area (Å²) in [6, 6.07) is 0. The lowest BCUT2D eigenvalue weighted by Gasteiger charge is -2.15. The molecule has 0 aliphatic rings. The Morgan fingerprint density at radius 3 is 2.68 bits per heavy atom. The van der Waals surface area contributed by atoms with Gasteiger partial charge in [-0.1, -0.05) is 11.3 Å². The van der Waals surface area contributed by atoms with Gasteiger partial charge in [-0.05, 0) is 6.92 Å². The Morgan fingerprint density at radius 1 is 1.53 bits per heavy atom. The molecule has 0 aliphatic heterocycles. The molecule has 0 atom stereocenters. The first-order chi connectivity index (χ1) is 8.82. The molecule has 0 amide bonds. The second kappa shape index (κ2) is 4.91. The van der Waals surface area contributed by atoms with Gasteiger partial charge >= 0.3 is 4.87 Å². The van der Waals surface area contributed by atoms with Crippen molar-refractivity contribution in [3.63, 3.8) is 0 Å². The summed E-state index contributed by atoms with van der Waals surface area (Å²) in [5.41, 5.74) is 0.363. The number of imidazole rings is 1. The smallest absolute Gasteiger partial charge is 0.305 e. The first-order valence-electron chi connectivity index (χ1n) is 5.44. The van der Waals surface area contributed by atoms with Gasteiger partial charge in [-0.25, -0.2) is 13.4 Å². The largest absolute Gasteiger partial charge is 0.337 e. The van der Waals surface area contributed by atoms with Crippen molar-refractivity contribution in [2.24, 2.45) is 7.05 Å². The molecule has 0 unspecified atom stereocenters. The molecule has 0 fully saturated rings. The number of H-pyrrole nitrogens is 1. The van der Waals surface area contributed by atoms with E-state index in [-0.39, 0.29) is 15.6 Å². The maximum Gasteiger partial charge on any atom is 0.305 e. The number of aromatic nitrogens is 3. The van der Waals surface area contributed by atoms with Crippen molar-refractivity contribution in [2.75, 3.05) is 7.05 Å². The third-order valence-electron chi connectivity index (χ3n) is 2.71. The van der Waals surface area contributed by atoms with E-state index in [1.54, 1.807) is 30.9 Å². The monoisotopic (exact) mass is 302 g/mol. The van der Waals surface area contributed by atoms with Gasteiger partial charge in [-0.15, -0.1) is 0 Å². The van der Waals surface area contributed by atoms with E-state index in [9.17, 15) is 13.2 Å². The number of nitrogens with one attached hydrogen (secondary N) is 1. The van der Waals surface area contributed by atoms with E-state index < -0.39 is 10.0 Å². The van der Waals surface area contributed by atoms with Crippen molar-refractivity contribution in [3.05, 3.63) is 33.6 Å². The molecule has 0 aromatic carbocycles. The lowest BCUT2D eigenvalue weighted by molar-refractivity contribution is 0.452. The minimum Gasteiger partial charge on any atom is -0.337 e. The highest BCUT2D eigenvalue weighted by molar-refractivity contribution is 7.91. The fourth-order valence-electron chi connectivity index (χ4n) is 1.61. The molecule has 0 bridgehead atoms. The SMILES string of the molecule is Cc1[nH]c(=O)sc1S(=O)(=O)N(C)Cc1nccn1C. The van der Waals surface area contributed by atoms with Crippen molar-refractivity contribution in [1.82, 2.24) is 18.8 Å². The predicted molar refractivity (Wildman–Crippen MR) is 71.5 cm³/mol. The molecular formula is C10H14N4O3S2. The quantitative estimate of drug-likeness (QED) is 0.880. The normalized spacial score (nSPS) is 12.2. The van der Waals surface area contributed by atoms with Gasteiger partial charge in [0.05, 0.1) is 6.54 Å². The molecule has 2 aromatic heterocycles. The number of aromatic amines is 1. The minimum absolute atomic E-state index is 0.0502. The molecule has 0 saturated carbocycles. The molecule has 9 heteroatoms. The zero-order valence-electron chi connectivity index (χ0n) is 10.7. The molecule has 0 saturated heterocycles. The number of rotatable bonds is 4. The van der Waals surface area contributed by atoms with Gasteiger partial charge in [-0.3, -0.25) is 4.79 Å². The summed E-state index contributed by atoms with van der Waals surface area (Å²) in [5.74, 6) is 0.631. The number of aryl methyl sites for hydroxylation is 2. The van der Waals surface area contributed by atoms with Crippen molar-refractivity contribution >= 4 is 21.4 Å². The first kappa shape index (κ1) is 14.0. The Kier molecular flexibility index (Phi) is 3.61. The molecule has 2 aromatic rings. The summed E-state index contributed by atoms with van der Waals surface area (Å²) >= 11 is 0.698. The van der Waals surface area contributed by atoms with Gasteiger partial charge < -0.3 is 9.55 Å². The Labute approximate surface area is 114 Å². The predicted octanol–water partition coefficient (Wildman–Crippen LogP) is 0.299. The fraction of sp³-hybridized carbons (Fsp3) is 0.400. The minimum atomic E-state index is -3.67. The van der Waals surface area contributed by atoms with Crippen molar-refractivity contribution in [2.45, 2.75) is 17.7 Å². The van der Waals surface area contributed by atoms with E-state index in [1.165, 1.54) is 11.4 Å². The topological polar surface area (TPSA) is 88.1 Å². The number of hydrogen-bond acceptors (Lipinski definition) is 5. The average molecular weight is 302 g/mol. The summed E-state index contributed by atoms with van der Waals surface area (Å²) < 4.78 is 27.7. The van der Waals surface area contributed by atoms with Gasteiger partial charge in [0, 0.05) is 32.2 Å². The van der Waals surface area contributed by atoms with Crippen molar-refractivity contribution in [1.29, 1.82) is 0 Å². The highest BCUT2D eigenvalue weighted by Gasteiger charge is 2.26. The van der Waals surface area contributed by atoms with Gasteiger partial charge in [0.25, 0.3) is 10.0 Å². The highest BCUT2D eigenvalue weighted by atomic mass is 32.2. The number of hydrogen-bond donors (Lipinski definition) is 1. The standard InChI is InChI=1S/C10H14N4O3S2/c1-7-9(18-10(15)12-7)19(16,17)14(3)6-8-11-4-5-13(8)2/h4-5H,6H2,1-3H3,(H,12,15). The third kappa shape index (κ3) is 2.62. The average Bonchev–Trinajstić information content (AvgIpc) is 2.86. The molecule has 1 N–H and O–H groups in total. The van der Waals surface area contributed by atoms with Crippen LogP contribution in [0.1, 0.15) is 11.5 Å². The van der Waals surface area contributed by atoms with Crippen molar-refractivity contribution in [3.8, 4) is 0 Å². The zero-order chi connectivity index (χ0) is 14.2. The Balaban J connectivity index is 2.32. The lowest BCUT2D eigenvalue weighted by atomic mass is 10.6. The summed E-state index contributed by atoms with van der Waals surface area (Å²) in [6.07, 6.45) is 3.35. The lowest BCUT2D eigenvalue weighted by Crippen LogP contribution is -2.27. The second-order valence-corrected chi connectivity index (χ2v) is 7.37. The van der Waals surface area contributed by atoms with Gasteiger partial charge in [0.2, 0.25) is 0 Å². The van der Waals surface area contributed by atoms with Crippen LogP contribution in [-0.2, 0) is 23.6 Å². The van der Waals surface area contributed by atoms with Crippen LogP contribution in [0.3, 0.4) is 0 Å². The molecule has 104 valence electrons.